The van der Waals surface area contributed by atoms with E-state index in [1.54, 1.807) is 28.0 Å². The highest BCUT2D eigenvalue weighted by Crippen LogP contribution is 2.33. The molecule has 1 fully saturated rings. The molecule has 5 rings (SSSR count). The van der Waals surface area contributed by atoms with E-state index in [-0.39, 0.29) is 30.8 Å². The van der Waals surface area contributed by atoms with Crippen LogP contribution in [0.5, 0.6) is 5.75 Å². The van der Waals surface area contributed by atoms with Gasteiger partial charge in [-0.15, -0.1) is 0 Å². The zero-order valence-electron chi connectivity index (χ0n) is 18.8. The maximum atomic E-state index is 12.4. The van der Waals surface area contributed by atoms with Gasteiger partial charge in [0.15, 0.2) is 19.0 Å². The second-order valence-electron chi connectivity index (χ2n) is 8.47. The lowest BCUT2D eigenvalue weighted by Gasteiger charge is -2.34. The van der Waals surface area contributed by atoms with Crippen molar-refractivity contribution < 1.29 is 32.7 Å². The predicted molar refractivity (Wildman–Crippen MR) is 121 cm³/mol. The van der Waals surface area contributed by atoms with Crippen molar-refractivity contribution in [1.82, 2.24) is 9.80 Å². The van der Waals surface area contributed by atoms with Crippen molar-refractivity contribution in [2.45, 2.75) is 25.7 Å². The van der Waals surface area contributed by atoms with Crippen molar-refractivity contribution in [1.29, 1.82) is 0 Å². The van der Waals surface area contributed by atoms with Gasteiger partial charge in [0.1, 0.15) is 17.1 Å². The van der Waals surface area contributed by atoms with Crippen molar-refractivity contribution in [2.75, 3.05) is 39.4 Å². The summed E-state index contributed by atoms with van der Waals surface area (Å²) in [6, 6.07) is 8.79. The molecular formula is C25H26N2O7. The van der Waals surface area contributed by atoms with E-state index in [0.717, 1.165) is 42.4 Å². The smallest absolute Gasteiger partial charge is 0.344 e. The molecule has 2 amide bonds. The summed E-state index contributed by atoms with van der Waals surface area (Å²) >= 11 is 0. The normalized spacial score (nSPS) is 15.8. The van der Waals surface area contributed by atoms with Crippen LogP contribution < -0.4 is 4.74 Å². The summed E-state index contributed by atoms with van der Waals surface area (Å²) in [6.45, 7) is 0.876. The second-order valence-corrected chi connectivity index (χ2v) is 8.47. The number of hydrogen-bond donors (Lipinski definition) is 0. The van der Waals surface area contributed by atoms with Crippen LogP contribution in [-0.2, 0) is 27.2 Å². The molecule has 0 unspecified atom stereocenters. The fraction of sp³-hybridized carbons (Fsp3) is 0.400. The summed E-state index contributed by atoms with van der Waals surface area (Å²) in [5.74, 6) is 0.763. The van der Waals surface area contributed by atoms with E-state index < -0.39 is 5.97 Å². The predicted octanol–water partition coefficient (Wildman–Crippen LogP) is 2.81. The molecule has 3 heterocycles. The first-order chi connectivity index (χ1) is 16.6. The lowest BCUT2D eigenvalue weighted by atomic mass is 9.96. The Balaban J connectivity index is 1.07. The molecule has 0 N–H and O–H groups in total. The van der Waals surface area contributed by atoms with Gasteiger partial charge in [0.2, 0.25) is 0 Å². The largest absolute Gasteiger partial charge is 0.482 e. The Morgan fingerprint density at radius 2 is 1.74 bits per heavy atom. The standard InChI is InChI=1S/C25H26N2O7/c28-23(26-9-11-27(12-10-26)25(30)22-6-3-13-31-22)15-33-24(29)16-32-17-7-8-21-19(14-17)18-4-1-2-5-20(18)34-21/h3,6-8,13-14H,1-2,4-5,9-12,15-16H2. The van der Waals surface area contributed by atoms with Crippen LogP contribution in [0.25, 0.3) is 11.0 Å². The fourth-order valence-electron chi connectivity index (χ4n) is 4.46. The molecule has 34 heavy (non-hydrogen) atoms. The Kier molecular flexibility index (Phi) is 6.24. The van der Waals surface area contributed by atoms with Gasteiger partial charge in [-0.1, -0.05) is 0 Å². The lowest BCUT2D eigenvalue weighted by molar-refractivity contribution is -0.154. The van der Waals surface area contributed by atoms with Crippen LogP contribution in [0.1, 0.15) is 34.7 Å². The van der Waals surface area contributed by atoms with Crippen molar-refractivity contribution >= 4 is 28.8 Å². The zero-order chi connectivity index (χ0) is 23.5. The van der Waals surface area contributed by atoms with E-state index in [1.807, 2.05) is 12.1 Å². The summed E-state index contributed by atoms with van der Waals surface area (Å²) in [5, 5.41) is 1.03. The quantitative estimate of drug-likeness (QED) is 0.515. The molecule has 0 saturated carbocycles. The van der Waals surface area contributed by atoms with Crippen LogP contribution in [0.2, 0.25) is 0 Å². The molecule has 3 aromatic rings. The van der Waals surface area contributed by atoms with Gasteiger partial charge in [-0.2, -0.15) is 0 Å². The van der Waals surface area contributed by atoms with Crippen LogP contribution >= 0.6 is 0 Å². The number of ether oxygens (including phenoxy) is 2. The van der Waals surface area contributed by atoms with Crippen molar-refractivity contribution in [3.63, 3.8) is 0 Å². The molecule has 0 atom stereocenters. The number of aryl methyl sites for hydroxylation is 2. The van der Waals surface area contributed by atoms with Crippen LogP contribution in [0.3, 0.4) is 0 Å². The average Bonchev–Trinajstić information content (AvgIpc) is 3.54. The Morgan fingerprint density at radius 1 is 0.941 bits per heavy atom. The Labute approximate surface area is 196 Å². The number of benzene rings is 1. The number of carbonyl (C=O) groups excluding carboxylic acids is 3. The van der Waals surface area contributed by atoms with Gasteiger partial charge in [0.25, 0.3) is 11.8 Å². The van der Waals surface area contributed by atoms with E-state index in [1.165, 1.54) is 11.8 Å². The third-order valence-corrected chi connectivity index (χ3v) is 6.29. The maximum Gasteiger partial charge on any atom is 0.344 e. The number of furan rings is 2. The summed E-state index contributed by atoms with van der Waals surface area (Å²) in [7, 11) is 0. The van der Waals surface area contributed by atoms with E-state index >= 15 is 0 Å². The van der Waals surface area contributed by atoms with Crippen LogP contribution in [0.4, 0.5) is 0 Å². The number of rotatable bonds is 6. The fourth-order valence-corrected chi connectivity index (χ4v) is 4.46. The average molecular weight is 466 g/mol. The maximum absolute atomic E-state index is 12.4. The highest BCUT2D eigenvalue weighted by atomic mass is 16.6. The minimum atomic E-state index is -0.616. The molecular weight excluding hydrogens is 440 g/mol. The molecule has 9 nitrogen and oxygen atoms in total. The minimum Gasteiger partial charge on any atom is -0.482 e. The molecule has 0 bridgehead atoms. The summed E-state index contributed by atoms with van der Waals surface area (Å²) in [4.78, 5) is 40.1. The molecule has 1 aliphatic carbocycles. The molecule has 9 heteroatoms. The number of fused-ring (bicyclic) bond motifs is 3. The van der Waals surface area contributed by atoms with Crippen molar-refractivity contribution in [3.05, 3.63) is 53.7 Å². The van der Waals surface area contributed by atoms with Gasteiger partial charge in [0, 0.05) is 43.5 Å². The lowest BCUT2D eigenvalue weighted by Crippen LogP contribution is -2.51. The SMILES string of the molecule is O=C(COc1ccc2oc3c(c2c1)CCCC3)OCC(=O)N1CCN(C(=O)c2ccco2)CC1. The monoisotopic (exact) mass is 466 g/mol. The first kappa shape index (κ1) is 22.1. The zero-order valence-corrected chi connectivity index (χ0v) is 18.8. The topological polar surface area (TPSA) is 102 Å². The van der Waals surface area contributed by atoms with Gasteiger partial charge in [-0.3, -0.25) is 9.59 Å². The number of nitrogens with zero attached hydrogens (tertiary/aromatic N) is 2. The Hall–Kier alpha value is -3.75. The number of carbonyl (C=O) groups is 3. The van der Waals surface area contributed by atoms with Gasteiger partial charge in [-0.25, -0.2) is 4.79 Å². The molecule has 1 aliphatic heterocycles. The van der Waals surface area contributed by atoms with Crippen LogP contribution in [-0.4, -0.2) is 67.0 Å². The summed E-state index contributed by atoms with van der Waals surface area (Å²) < 4.78 is 21.8. The van der Waals surface area contributed by atoms with E-state index in [0.29, 0.717) is 31.9 Å². The first-order valence-corrected chi connectivity index (χ1v) is 11.5. The number of hydrogen-bond acceptors (Lipinski definition) is 7. The number of esters is 1. The molecule has 178 valence electrons. The van der Waals surface area contributed by atoms with Gasteiger partial charge >= 0.3 is 5.97 Å². The Bertz CT molecular complexity index is 1190. The second kappa shape index (κ2) is 9.62. The van der Waals surface area contributed by atoms with E-state index in [4.69, 9.17) is 18.3 Å². The highest BCUT2D eigenvalue weighted by molar-refractivity contribution is 5.91. The Morgan fingerprint density at radius 3 is 2.53 bits per heavy atom. The molecule has 0 spiro atoms. The van der Waals surface area contributed by atoms with Gasteiger partial charge < -0.3 is 28.1 Å². The third kappa shape index (κ3) is 4.64. The van der Waals surface area contributed by atoms with E-state index in [2.05, 4.69) is 0 Å². The summed E-state index contributed by atoms with van der Waals surface area (Å²) in [6.07, 6.45) is 5.67. The molecule has 2 aromatic heterocycles. The molecule has 1 aromatic carbocycles. The van der Waals surface area contributed by atoms with Crippen LogP contribution in [0.15, 0.2) is 45.4 Å². The third-order valence-electron chi connectivity index (χ3n) is 6.29. The van der Waals surface area contributed by atoms with Crippen molar-refractivity contribution in [2.24, 2.45) is 0 Å². The van der Waals surface area contributed by atoms with E-state index in [9.17, 15) is 14.4 Å². The molecule has 2 aliphatic rings. The number of piperazine rings is 1. The first-order valence-electron chi connectivity index (χ1n) is 11.5. The highest BCUT2D eigenvalue weighted by Gasteiger charge is 2.26. The molecule has 1 saturated heterocycles. The van der Waals surface area contributed by atoms with Crippen LogP contribution in [0, 0.1) is 0 Å². The van der Waals surface area contributed by atoms with Crippen molar-refractivity contribution in [3.8, 4) is 5.75 Å². The minimum absolute atomic E-state index is 0.199. The number of amides is 2. The summed E-state index contributed by atoms with van der Waals surface area (Å²) in [5.41, 5.74) is 2.06. The van der Waals surface area contributed by atoms with Gasteiger partial charge in [-0.05, 0) is 49.6 Å². The van der Waals surface area contributed by atoms with Gasteiger partial charge in [0.05, 0.1) is 6.26 Å². The molecule has 0 radical (unpaired) electrons.